The molecular weight excluding hydrogens is 224 g/mol. The van der Waals surface area contributed by atoms with E-state index in [0.717, 1.165) is 12.0 Å². The van der Waals surface area contributed by atoms with Gasteiger partial charge in [-0.05, 0) is 40.0 Å². The fourth-order valence-electron chi connectivity index (χ4n) is 2.41. The molecule has 0 atom stereocenters. The van der Waals surface area contributed by atoms with E-state index in [1.165, 1.54) is 28.8 Å². The molecule has 2 nitrogen and oxygen atoms in total. The SMILES string of the molecule is CC(=O)OCC1=CCc2cc3ccccc3cc21. The van der Waals surface area contributed by atoms with Crippen LogP contribution in [-0.2, 0) is 16.0 Å². The van der Waals surface area contributed by atoms with Crippen molar-refractivity contribution in [2.45, 2.75) is 13.3 Å². The lowest BCUT2D eigenvalue weighted by Gasteiger charge is -2.08. The van der Waals surface area contributed by atoms with Gasteiger partial charge >= 0.3 is 5.97 Å². The highest BCUT2D eigenvalue weighted by Gasteiger charge is 2.15. The number of carbonyl (C=O) groups is 1. The number of allylic oxidation sites excluding steroid dienone is 1. The van der Waals surface area contributed by atoms with Crippen LogP contribution in [0.5, 0.6) is 0 Å². The minimum Gasteiger partial charge on any atom is -0.461 e. The Balaban J connectivity index is 1.98. The predicted molar refractivity (Wildman–Crippen MR) is 72.3 cm³/mol. The lowest BCUT2D eigenvalue weighted by Crippen LogP contribution is -2.01. The van der Waals surface area contributed by atoms with Crippen molar-refractivity contribution in [2.75, 3.05) is 6.61 Å². The number of benzene rings is 2. The zero-order chi connectivity index (χ0) is 12.5. The van der Waals surface area contributed by atoms with Crippen molar-refractivity contribution in [1.82, 2.24) is 0 Å². The molecule has 0 aromatic heterocycles. The molecule has 0 aliphatic heterocycles. The normalized spacial score (nSPS) is 13.3. The molecule has 0 radical (unpaired) electrons. The molecule has 0 heterocycles. The van der Waals surface area contributed by atoms with E-state index >= 15 is 0 Å². The summed E-state index contributed by atoms with van der Waals surface area (Å²) >= 11 is 0. The number of ether oxygens (including phenoxy) is 1. The first kappa shape index (κ1) is 11.0. The van der Waals surface area contributed by atoms with E-state index < -0.39 is 0 Å². The Morgan fingerprint density at radius 2 is 1.94 bits per heavy atom. The zero-order valence-electron chi connectivity index (χ0n) is 10.3. The van der Waals surface area contributed by atoms with Crippen molar-refractivity contribution >= 4 is 22.3 Å². The van der Waals surface area contributed by atoms with Crippen LogP contribution in [0.1, 0.15) is 18.1 Å². The van der Waals surface area contributed by atoms with Gasteiger partial charge in [0, 0.05) is 6.92 Å². The van der Waals surface area contributed by atoms with Crippen molar-refractivity contribution in [3.8, 4) is 0 Å². The van der Waals surface area contributed by atoms with Gasteiger partial charge in [0.05, 0.1) is 0 Å². The molecule has 0 N–H and O–H groups in total. The summed E-state index contributed by atoms with van der Waals surface area (Å²) in [6, 6.07) is 12.7. The average molecular weight is 238 g/mol. The standard InChI is InChI=1S/C16H14O2/c1-11(17)18-10-15-7-6-14-8-12-4-2-3-5-13(12)9-16(14)15/h2-5,7-9H,6,10H2,1H3. The molecule has 0 saturated carbocycles. The third-order valence-electron chi connectivity index (χ3n) is 3.32. The van der Waals surface area contributed by atoms with E-state index in [1.54, 1.807) is 0 Å². The molecular formula is C16H14O2. The molecule has 0 spiro atoms. The molecule has 0 saturated heterocycles. The second-order valence-electron chi connectivity index (χ2n) is 4.57. The molecule has 0 fully saturated rings. The van der Waals surface area contributed by atoms with E-state index in [0.29, 0.717) is 6.61 Å². The van der Waals surface area contributed by atoms with Crippen LogP contribution in [0, 0.1) is 0 Å². The maximum absolute atomic E-state index is 10.9. The summed E-state index contributed by atoms with van der Waals surface area (Å²) in [7, 11) is 0. The Bertz CT molecular complexity index is 653. The minimum atomic E-state index is -0.231. The van der Waals surface area contributed by atoms with E-state index in [4.69, 9.17) is 4.74 Å². The van der Waals surface area contributed by atoms with E-state index in [9.17, 15) is 4.79 Å². The average Bonchev–Trinajstić information content (AvgIpc) is 2.76. The van der Waals surface area contributed by atoms with Gasteiger partial charge in [-0.15, -0.1) is 0 Å². The fraction of sp³-hybridized carbons (Fsp3) is 0.188. The highest BCUT2D eigenvalue weighted by molar-refractivity contribution is 5.89. The van der Waals surface area contributed by atoms with Crippen LogP contribution in [-0.4, -0.2) is 12.6 Å². The summed E-state index contributed by atoms with van der Waals surface area (Å²) < 4.78 is 5.09. The van der Waals surface area contributed by atoms with Crippen molar-refractivity contribution in [2.24, 2.45) is 0 Å². The van der Waals surface area contributed by atoms with Gasteiger partial charge in [0.1, 0.15) is 6.61 Å². The third-order valence-corrected chi connectivity index (χ3v) is 3.32. The summed E-state index contributed by atoms with van der Waals surface area (Å²) in [6.07, 6.45) is 3.07. The Hall–Kier alpha value is -2.09. The Labute approximate surface area is 106 Å². The lowest BCUT2D eigenvalue weighted by atomic mass is 10.00. The second-order valence-corrected chi connectivity index (χ2v) is 4.57. The molecule has 0 bridgehead atoms. The van der Waals surface area contributed by atoms with Crippen molar-refractivity contribution in [3.63, 3.8) is 0 Å². The number of esters is 1. The van der Waals surface area contributed by atoms with Crippen LogP contribution in [0.2, 0.25) is 0 Å². The molecule has 2 aromatic rings. The van der Waals surface area contributed by atoms with Crippen LogP contribution in [0.3, 0.4) is 0 Å². The van der Waals surface area contributed by atoms with Crippen LogP contribution in [0.15, 0.2) is 42.5 Å². The summed E-state index contributed by atoms with van der Waals surface area (Å²) in [6.45, 7) is 1.82. The van der Waals surface area contributed by atoms with Crippen LogP contribution < -0.4 is 0 Å². The maximum Gasteiger partial charge on any atom is 0.302 e. The van der Waals surface area contributed by atoms with Gasteiger partial charge in [0.15, 0.2) is 0 Å². The number of hydrogen-bond donors (Lipinski definition) is 0. The molecule has 1 aliphatic carbocycles. The quantitative estimate of drug-likeness (QED) is 0.750. The van der Waals surface area contributed by atoms with Crippen LogP contribution in [0.25, 0.3) is 16.3 Å². The molecule has 90 valence electrons. The highest BCUT2D eigenvalue weighted by Crippen LogP contribution is 2.31. The molecule has 0 unspecified atom stereocenters. The Morgan fingerprint density at radius 3 is 2.67 bits per heavy atom. The number of rotatable bonds is 2. The number of carbonyl (C=O) groups excluding carboxylic acids is 1. The van der Waals surface area contributed by atoms with Crippen LogP contribution >= 0.6 is 0 Å². The van der Waals surface area contributed by atoms with E-state index in [1.807, 2.05) is 6.07 Å². The lowest BCUT2D eigenvalue weighted by molar-refractivity contribution is -0.139. The van der Waals surface area contributed by atoms with Crippen molar-refractivity contribution < 1.29 is 9.53 Å². The topological polar surface area (TPSA) is 26.3 Å². The van der Waals surface area contributed by atoms with E-state index in [-0.39, 0.29) is 5.97 Å². The summed E-state index contributed by atoms with van der Waals surface area (Å²) in [5.41, 5.74) is 3.65. The largest absolute Gasteiger partial charge is 0.461 e. The molecule has 3 rings (SSSR count). The maximum atomic E-state index is 10.9. The van der Waals surface area contributed by atoms with Gasteiger partial charge < -0.3 is 4.74 Å². The van der Waals surface area contributed by atoms with Gasteiger partial charge in [-0.2, -0.15) is 0 Å². The van der Waals surface area contributed by atoms with E-state index in [2.05, 4.69) is 36.4 Å². The molecule has 2 aromatic carbocycles. The van der Waals surface area contributed by atoms with Gasteiger partial charge in [0.2, 0.25) is 0 Å². The molecule has 1 aliphatic rings. The minimum absolute atomic E-state index is 0.231. The summed E-state index contributed by atoms with van der Waals surface area (Å²) in [4.78, 5) is 10.9. The van der Waals surface area contributed by atoms with Crippen molar-refractivity contribution in [1.29, 1.82) is 0 Å². The Kier molecular flexibility index (Phi) is 2.63. The molecule has 2 heteroatoms. The first-order valence-corrected chi connectivity index (χ1v) is 6.08. The third kappa shape index (κ3) is 1.90. The predicted octanol–water partition coefficient (Wildman–Crippen LogP) is 3.34. The summed E-state index contributed by atoms with van der Waals surface area (Å²) in [5.74, 6) is -0.231. The molecule has 18 heavy (non-hydrogen) atoms. The first-order valence-electron chi connectivity index (χ1n) is 6.08. The van der Waals surface area contributed by atoms with Crippen LogP contribution in [0.4, 0.5) is 0 Å². The van der Waals surface area contributed by atoms with Gasteiger partial charge in [0.25, 0.3) is 0 Å². The highest BCUT2D eigenvalue weighted by atomic mass is 16.5. The number of hydrogen-bond acceptors (Lipinski definition) is 2. The monoisotopic (exact) mass is 238 g/mol. The first-order chi connectivity index (χ1) is 8.74. The molecule has 0 amide bonds. The van der Waals surface area contributed by atoms with Gasteiger partial charge in [-0.1, -0.05) is 36.4 Å². The summed E-state index contributed by atoms with van der Waals surface area (Å²) in [5, 5.41) is 2.49. The Morgan fingerprint density at radius 1 is 1.22 bits per heavy atom. The second kappa shape index (κ2) is 4.30. The fourth-order valence-corrected chi connectivity index (χ4v) is 2.41. The van der Waals surface area contributed by atoms with Gasteiger partial charge in [-0.25, -0.2) is 0 Å². The zero-order valence-corrected chi connectivity index (χ0v) is 10.3. The number of fused-ring (bicyclic) bond motifs is 2. The van der Waals surface area contributed by atoms with Gasteiger partial charge in [-0.3, -0.25) is 4.79 Å². The smallest absolute Gasteiger partial charge is 0.302 e. The van der Waals surface area contributed by atoms with Crippen molar-refractivity contribution in [3.05, 3.63) is 53.6 Å².